The molecule has 4 heterocycles. The van der Waals surface area contributed by atoms with Crippen molar-refractivity contribution < 1.29 is 23.9 Å². The Morgan fingerprint density at radius 1 is 1.07 bits per heavy atom. The highest BCUT2D eigenvalue weighted by molar-refractivity contribution is 6.07. The summed E-state index contributed by atoms with van der Waals surface area (Å²) in [5, 5.41) is 12.5. The van der Waals surface area contributed by atoms with Gasteiger partial charge in [0.25, 0.3) is 11.8 Å². The van der Waals surface area contributed by atoms with Crippen molar-refractivity contribution in [1.29, 1.82) is 0 Å². The summed E-state index contributed by atoms with van der Waals surface area (Å²) in [6.45, 7) is 1.43. The minimum atomic E-state index is -0.257. The number of benzene rings is 2. The topological polar surface area (TPSA) is 124 Å². The summed E-state index contributed by atoms with van der Waals surface area (Å²) in [4.78, 5) is 43.5. The maximum atomic E-state index is 13.8. The van der Waals surface area contributed by atoms with Crippen LogP contribution in [0.3, 0.4) is 0 Å². The fourth-order valence-electron chi connectivity index (χ4n) is 5.86. The number of amides is 3. The van der Waals surface area contributed by atoms with Crippen LogP contribution in [-0.4, -0.2) is 87.4 Å². The fraction of sp³-hybridized carbons (Fsp3) is 0.367. The Morgan fingerprint density at radius 3 is 2.74 bits per heavy atom. The number of para-hydroxylation sites is 2. The van der Waals surface area contributed by atoms with Gasteiger partial charge in [-0.05, 0) is 18.2 Å². The third kappa shape index (κ3) is 5.04. The SMILES string of the molecule is COc1cccc2c1OCc1cn(nn1)[C@H]1CN(C(=O)c3cn(C)c4ccccc34)C[C@H]1CC(=O)NCCN(C)C2=O. The Labute approximate surface area is 242 Å². The van der Waals surface area contributed by atoms with E-state index >= 15 is 0 Å². The molecule has 0 unspecified atom stereocenters. The van der Waals surface area contributed by atoms with Crippen LogP contribution < -0.4 is 14.8 Å². The van der Waals surface area contributed by atoms with Crippen molar-refractivity contribution in [3.8, 4) is 11.5 Å². The number of hydrogen-bond donors (Lipinski definition) is 1. The number of carbonyl (C=O) groups is 3. The van der Waals surface area contributed by atoms with Crippen LogP contribution in [0.15, 0.2) is 54.9 Å². The lowest BCUT2D eigenvalue weighted by molar-refractivity contribution is -0.122. The average molecular weight is 572 g/mol. The van der Waals surface area contributed by atoms with Gasteiger partial charge in [0.2, 0.25) is 5.91 Å². The number of nitrogens with zero attached hydrogens (tertiary/aromatic N) is 6. The summed E-state index contributed by atoms with van der Waals surface area (Å²) >= 11 is 0. The predicted molar refractivity (Wildman–Crippen MR) is 153 cm³/mol. The third-order valence-corrected chi connectivity index (χ3v) is 8.08. The van der Waals surface area contributed by atoms with Gasteiger partial charge in [-0.25, -0.2) is 4.68 Å². The van der Waals surface area contributed by atoms with Crippen LogP contribution in [0.25, 0.3) is 10.9 Å². The molecule has 1 saturated heterocycles. The molecule has 6 rings (SSSR count). The van der Waals surface area contributed by atoms with E-state index in [1.54, 1.807) is 41.0 Å². The molecule has 2 bridgehead atoms. The first-order chi connectivity index (χ1) is 20.3. The monoisotopic (exact) mass is 571 g/mol. The molecule has 0 aliphatic carbocycles. The largest absolute Gasteiger partial charge is 0.493 e. The van der Waals surface area contributed by atoms with Crippen molar-refractivity contribution in [3.05, 3.63) is 71.7 Å². The standard InChI is InChI=1S/C30H33N7O5/c1-34-12-11-31-27(38)13-19-14-36(30(40)23-16-35(2)24-9-5-4-7-21(23)24)17-25(19)37-15-20(32-33-37)18-42-28-22(29(34)39)8-6-10-26(28)41-3/h4-10,15-16,19,25H,11-14,17-18H2,1-3H3,(H,31,38)/t19-,25+/m1/s1. The first-order valence-electron chi connectivity index (χ1n) is 13.9. The van der Waals surface area contributed by atoms with Crippen molar-refractivity contribution in [1.82, 2.24) is 34.7 Å². The second-order valence-electron chi connectivity index (χ2n) is 10.8. The van der Waals surface area contributed by atoms with Crippen LogP contribution in [0, 0.1) is 5.92 Å². The van der Waals surface area contributed by atoms with Gasteiger partial charge >= 0.3 is 0 Å². The number of rotatable bonds is 2. The fourth-order valence-corrected chi connectivity index (χ4v) is 5.86. The predicted octanol–water partition coefficient (Wildman–Crippen LogP) is 2.26. The van der Waals surface area contributed by atoms with Gasteiger partial charge in [0.15, 0.2) is 11.5 Å². The molecule has 2 aliphatic rings. The van der Waals surface area contributed by atoms with Gasteiger partial charge in [0.1, 0.15) is 12.3 Å². The summed E-state index contributed by atoms with van der Waals surface area (Å²) < 4.78 is 15.2. The zero-order valence-corrected chi connectivity index (χ0v) is 23.8. The minimum Gasteiger partial charge on any atom is -0.493 e. The Balaban J connectivity index is 1.30. The van der Waals surface area contributed by atoms with Gasteiger partial charge in [-0.3, -0.25) is 14.4 Å². The molecule has 2 aromatic carbocycles. The zero-order valence-electron chi connectivity index (χ0n) is 23.8. The molecule has 4 aromatic rings. The molecule has 0 saturated carbocycles. The number of ether oxygens (including phenoxy) is 2. The molecule has 12 heteroatoms. The molecule has 218 valence electrons. The molecule has 1 fully saturated rings. The van der Waals surface area contributed by atoms with E-state index < -0.39 is 0 Å². The molecule has 42 heavy (non-hydrogen) atoms. The maximum absolute atomic E-state index is 13.8. The van der Waals surface area contributed by atoms with Gasteiger partial charge in [-0.2, -0.15) is 0 Å². The summed E-state index contributed by atoms with van der Waals surface area (Å²) in [6.07, 6.45) is 3.84. The number of aromatic nitrogens is 4. The van der Waals surface area contributed by atoms with Crippen LogP contribution in [0.5, 0.6) is 11.5 Å². The first kappa shape index (κ1) is 27.3. The van der Waals surface area contributed by atoms with Crippen molar-refractivity contribution >= 4 is 28.6 Å². The van der Waals surface area contributed by atoms with Crippen molar-refractivity contribution in [2.75, 3.05) is 40.3 Å². The average Bonchev–Trinajstić information content (AvgIpc) is 3.72. The Morgan fingerprint density at radius 2 is 1.90 bits per heavy atom. The number of methoxy groups -OCH3 is 1. The van der Waals surface area contributed by atoms with Crippen LogP contribution in [0.4, 0.5) is 0 Å². The molecule has 3 amide bonds. The van der Waals surface area contributed by atoms with Crippen LogP contribution in [0.1, 0.15) is 38.9 Å². The molecular formula is C30H33N7O5. The van der Waals surface area contributed by atoms with Gasteiger partial charge in [-0.15, -0.1) is 5.10 Å². The molecule has 2 aromatic heterocycles. The molecular weight excluding hydrogens is 538 g/mol. The number of fused-ring (bicyclic) bond motifs is 6. The molecule has 0 spiro atoms. The van der Waals surface area contributed by atoms with Crippen molar-refractivity contribution in [2.45, 2.75) is 19.1 Å². The molecule has 2 aliphatic heterocycles. The number of likely N-dealkylation sites (tertiary alicyclic amines) is 1. The zero-order chi connectivity index (χ0) is 29.4. The van der Waals surface area contributed by atoms with Gasteiger partial charge < -0.3 is 29.2 Å². The van der Waals surface area contributed by atoms with Crippen LogP contribution in [0.2, 0.25) is 0 Å². The van der Waals surface area contributed by atoms with Crippen molar-refractivity contribution in [2.24, 2.45) is 13.0 Å². The molecule has 0 radical (unpaired) electrons. The second-order valence-corrected chi connectivity index (χ2v) is 10.8. The number of nitrogens with one attached hydrogen (secondary N) is 1. The van der Waals surface area contributed by atoms with E-state index in [2.05, 4.69) is 15.6 Å². The first-order valence-corrected chi connectivity index (χ1v) is 13.9. The highest BCUT2D eigenvalue weighted by atomic mass is 16.5. The van der Waals surface area contributed by atoms with Crippen LogP contribution in [-0.2, 0) is 18.4 Å². The smallest absolute Gasteiger partial charge is 0.257 e. The van der Waals surface area contributed by atoms with Gasteiger partial charge in [0.05, 0.1) is 30.5 Å². The lowest BCUT2D eigenvalue weighted by atomic mass is 9.99. The van der Waals surface area contributed by atoms with Gasteiger partial charge in [0, 0.05) is 69.7 Å². The van der Waals surface area contributed by atoms with E-state index in [0.717, 1.165) is 10.9 Å². The van der Waals surface area contributed by atoms with E-state index in [-0.39, 0.29) is 49.3 Å². The normalized spacial score (nSPS) is 19.7. The lowest BCUT2D eigenvalue weighted by Gasteiger charge is -2.21. The van der Waals surface area contributed by atoms with E-state index in [1.807, 2.05) is 42.1 Å². The number of hydrogen-bond acceptors (Lipinski definition) is 7. The quantitative estimate of drug-likeness (QED) is 0.392. The molecule has 1 N–H and O–H groups in total. The summed E-state index contributed by atoms with van der Waals surface area (Å²) in [5.74, 6) is 0.0590. The van der Waals surface area contributed by atoms with E-state index in [4.69, 9.17) is 9.47 Å². The Kier molecular flexibility index (Phi) is 7.27. The summed E-state index contributed by atoms with van der Waals surface area (Å²) in [6, 6.07) is 12.7. The number of likely N-dealkylation sites (N-methyl/N-ethyl adjacent to an activating group) is 1. The molecule has 2 atom stereocenters. The number of aryl methyl sites for hydroxylation is 1. The van der Waals surface area contributed by atoms with E-state index in [9.17, 15) is 14.4 Å². The summed E-state index contributed by atoms with van der Waals surface area (Å²) in [7, 11) is 5.12. The highest BCUT2D eigenvalue weighted by Gasteiger charge is 2.39. The minimum absolute atomic E-state index is 0.0564. The van der Waals surface area contributed by atoms with Crippen LogP contribution >= 0.6 is 0 Å². The van der Waals surface area contributed by atoms with Crippen molar-refractivity contribution in [3.63, 3.8) is 0 Å². The number of carbonyl (C=O) groups excluding carboxylic acids is 3. The Bertz CT molecular complexity index is 1660. The van der Waals surface area contributed by atoms with E-state index in [1.165, 1.54) is 12.0 Å². The molecule has 12 nitrogen and oxygen atoms in total. The van der Waals surface area contributed by atoms with Gasteiger partial charge in [-0.1, -0.05) is 29.5 Å². The highest BCUT2D eigenvalue weighted by Crippen LogP contribution is 2.34. The third-order valence-electron chi connectivity index (χ3n) is 8.08. The summed E-state index contributed by atoms with van der Waals surface area (Å²) in [5.41, 5.74) is 2.50. The maximum Gasteiger partial charge on any atom is 0.257 e. The Hall–Kier alpha value is -4.87. The second kappa shape index (κ2) is 11.2. The lowest BCUT2D eigenvalue weighted by Crippen LogP contribution is -2.37. The van der Waals surface area contributed by atoms with E-state index in [0.29, 0.717) is 48.0 Å².